The van der Waals surface area contributed by atoms with Crippen molar-refractivity contribution in [2.24, 2.45) is 0 Å². The van der Waals surface area contributed by atoms with Crippen molar-refractivity contribution >= 4 is 27.0 Å². The Kier molecular flexibility index (Phi) is 3.53. The molecule has 0 saturated heterocycles. The predicted molar refractivity (Wildman–Crippen MR) is 72.7 cm³/mol. The molecule has 8 heteroatoms. The minimum absolute atomic E-state index is 0.0547. The molecule has 2 heterocycles. The fourth-order valence-electron chi connectivity index (χ4n) is 1.99. The Bertz CT molecular complexity index is 749. The highest BCUT2D eigenvalue weighted by Crippen LogP contribution is 2.22. The number of aromatic nitrogens is 2. The molecule has 0 aromatic carbocycles. The minimum Gasteiger partial charge on any atom is -0.481 e. The number of carbonyl (C=O) groups is 1. The van der Waals surface area contributed by atoms with Gasteiger partial charge in [0, 0.05) is 23.3 Å². The maximum absolute atomic E-state index is 12.4. The van der Waals surface area contributed by atoms with Crippen LogP contribution in [0.15, 0.2) is 29.4 Å². The van der Waals surface area contributed by atoms with Crippen molar-refractivity contribution in [1.82, 2.24) is 14.7 Å². The van der Waals surface area contributed by atoms with Crippen molar-refractivity contribution in [2.75, 3.05) is 0 Å². The van der Waals surface area contributed by atoms with Crippen molar-refractivity contribution in [2.45, 2.75) is 30.7 Å². The quantitative estimate of drug-likeness (QED) is 0.765. The van der Waals surface area contributed by atoms with Crippen LogP contribution >= 0.6 is 0 Å². The van der Waals surface area contributed by atoms with Crippen LogP contribution in [-0.2, 0) is 14.8 Å². The van der Waals surface area contributed by atoms with Crippen LogP contribution in [0.5, 0.6) is 0 Å². The van der Waals surface area contributed by atoms with E-state index in [1.807, 2.05) is 0 Å². The number of hydrogen-bond donors (Lipinski definition) is 3. The number of rotatable bonds is 5. The van der Waals surface area contributed by atoms with Crippen LogP contribution < -0.4 is 4.72 Å². The molecule has 108 valence electrons. The lowest BCUT2D eigenvalue weighted by molar-refractivity contribution is -0.138. The fourth-order valence-corrected chi connectivity index (χ4v) is 3.56. The Morgan fingerprint density at radius 3 is 2.85 bits per heavy atom. The van der Waals surface area contributed by atoms with Gasteiger partial charge < -0.3 is 10.1 Å². The number of pyridine rings is 1. The van der Waals surface area contributed by atoms with Crippen LogP contribution in [0.4, 0.5) is 0 Å². The molecule has 2 rings (SSSR count). The molecule has 0 radical (unpaired) electrons. The average molecular weight is 297 g/mol. The van der Waals surface area contributed by atoms with E-state index >= 15 is 0 Å². The van der Waals surface area contributed by atoms with Gasteiger partial charge >= 0.3 is 5.97 Å². The van der Waals surface area contributed by atoms with Crippen molar-refractivity contribution in [3.63, 3.8) is 0 Å². The first-order chi connectivity index (χ1) is 9.21. The normalized spacial score (nSPS) is 12.7. The third kappa shape index (κ3) is 2.97. The highest BCUT2D eigenvalue weighted by Gasteiger charge is 2.30. The largest absolute Gasteiger partial charge is 0.481 e. The summed E-state index contributed by atoms with van der Waals surface area (Å²) in [6, 6.07) is 3.27. The monoisotopic (exact) mass is 297 g/mol. The van der Waals surface area contributed by atoms with E-state index in [-0.39, 0.29) is 11.3 Å². The van der Waals surface area contributed by atoms with Gasteiger partial charge in [0.2, 0.25) is 10.0 Å². The lowest BCUT2D eigenvalue weighted by atomic mass is 10.0. The maximum atomic E-state index is 12.4. The summed E-state index contributed by atoms with van der Waals surface area (Å²) in [6.45, 7) is 3.04. The van der Waals surface area contributed by atoms with Gasteiger partial charge in [0.05, 0.1) is 6.42 Å². The Morgan fingerprint density at radius 2 is 2.20 bits per heavy atom. The molecule has 0 saturated carbocycles. The number of sulfonamides is 1. The molecular weight excluding hydrogens is 282 g/mol. The average Bonchev–Trinajstić information content (AvgIpc) is 2.69. The molecule has 0 spiro atoms. The topological polar surface area (TPSA) is 112 Å². The lowest BCUT2D eigenvalue weighted by Gasteiger charge is -2.23. The van der Waals surface area contributed by atoms with Gasteiger partial charge in [-0.3, -0.25) is 4.79 Å². The zero-order valence-electron chi connectivity index (χ0n) is 11.0. The molecule has 0 bridgehead atoms. The van der Waals surface area contributed by atoms with E-state index in [1.165, 1.54) is 20.0 Å². The van der Waals surface area contributed by atoms with Crippen molar-refractivity contribution in [3.05, 3.63) is 24.5 Å². The van der Waals surface area contributed by atoms with Crippen LogP contribution in [0.25, 0.3) is 11.0 Å². The van der Waals surface area contributed by atoms with Crippen LogP contribution in [0.1, 0.15) is 20.3 Å². The van der Waals surface area contributed by atoms with E-state index in [0.29, 0.717) is 11.0 Å². The van der Waals surface area contributed by atoms with Gasteiger partial charge in [-0.15, -0.1) is 0 Å². The molecular formula is C12H15N3O4S. The molecule has 0 amide bonds. The molecule has 0 atom stereocenters. The third-order valence-electron chi connectivity index (χ3n) is 2.71. The molecule has 7 nitrogen and oxygen atoms in total. The summed E-state index contributed by atoms with van der Waals surface area (Å²) in [4.78, 5) is 17.6. The van der Waals surface area contributed by atoms with E-state index in [4.69, 9.17) is 5.11 Å². The number of aliphatic carboxylic acids is 1. The summed E-state index contributed by atoms with van der Waals surface area (Å²) in [6.07, 6.45) is 2.58. The van der Waals surface area contributed by atoms with Crippen molar-refractivity contribution < 1.29 is 18.3 Å². The summed E-state index contributed by atoms with van der Waals surface area (Å²) >= 11 is 0. The SMILES string of the molecule is CC(C)(CC(=O)O)NS(=O)(=O)c1c[nH]c2ncccc12. The Labute approximate surface area is 116 Å². The zero-order chi connectivity index (χ0) is 15.0. The second-order valence-corrected chi connectivity index (χ2v) is 6.76. The Balaban J connectivity index is 2.38. The van der Waals surface area contributed by atoms with Crippen LogP contribution in [0, 0.1) is 0 Å². The van der Waals surface area contributed by atoms with Gasteiger partial charge in [0.25, 0.3) is 0 Å². The summed E-state index contributed by atoms with van der Waals surface area (Å²) in [5.41, 5.74) is -0.625. The molecule has 2 aromatic rings. The van der Waals surface area contributed by atoms with E-state index < -0.39 is 21.5 Å². The second-order valence-electron chi connectivity index (χ2n) is 5.11. The van der Waals surface area contributed by atoms with E-state index in [2.05, 4.69) is 14.7 Å². The smallest absolute Gasteiger partial charge is 0.305 e. The lowest BCUT2D eigenvalue weighted by Crippen LogP contribution is -2.44. The van der Waals surface area contributed by atoms with Gasteiger partial charge in [0.15, 0.2) is 0 Å². The Hall–Kier alpha value is -1.93. The number of nitrogens with one attached hydrogen (secondary N) is 2. The first-order valence-electron chi connectivity index (χ1n) is 5.89. The highest BCUT2D eigenvalue weighted by molar-refractivity contribution is 7.89. The number of fused-ring (bicyclic) bond motifs is 1. The molecule has 20 heavy (non-hydrogen) atoms. The summed E-state index contributed by atoms with van der Waals surface area (Å²) in [7, 11) is -3.83. The molecule has 3 N–H and O–H groups in total. The highest BCUT2D eigenvalue weighted by atomic mass is 32.2. The van der Waals surface area contributed by atoms with Gasteiger partial charge in [-0.1, -0.05) is 0 Å². The number of carboxylic acids is 1. The van der Waals surface area contributed by atoms with E-state index in [1.54, 1.807) is 18.3 Å². The molecule has 0 aliphatic heterocycles. The first-order valence-corrected chi connectivity index (χ1v) is 7.37. The Morgan fingerprint density at radius 1 is 1.50 bits per heavy atom. The van der Waals surface area contributed by atoms with E-state index in [9.17, 15) is 13.2 Å². The van der Waals surface area contributed by atoms with Gasteiger partial charge in [-0.05, 0) is 26.0 Å². The third-order valence-corrected chi connectivity index (χ3v) is 4.44. The number of carboxylic acid groups (broad SMARTS) is 1. The summed E-state index contributed by atoms with van der Waals surface area (Å²) in [5.74, 6) is -1.07. The van der Waals surface area contributed by atoms with Crippen LogP contribution in [0.2, 0.25) is 0 Å². The van der Waals surface area contributed by atoms with E-state index in [0.717, 1.165) is 0 Å². The molecule has 0 aliphatic carbocycles. The molecule has 0 unspecified atom stereocenters. The van der Waals surface area contributed by atoms with Gasteiger partial charge in [0.1, 0.15) is 10.5 Å². The van der Waals surface area contributed by atoms with Crippen molar-refractivity contribution in [3.8, 4) is 0 Å². The van der Waals surface area contributed by atoms with Gasteiger partial charge in [-0.25, -0.2) is 18.1 Å². The predicted octanol–water partition coefficient (Wildman–Crippen LogP) is 1.09. The summed E-state index contributed by atoms with van der Waals surface area (Å²) in [5, 5.41) is 9.26. The molecule has 0 aliphatic rings. The standard InChI is InChI=1S/C12H15N3O4S/c1-12(2,6-10(16)17)15-20(18,19)9-7-14-11-8(9)4-3-5-13-11/h3-5,7,15H,6H2,1-2H3,(H,13,14)(H,16,17). The minimum atomic E-state index is -3.83. The first kappa shape index (κ1) is 14.5. The maximum Gasteiger partial charge on any atom is 0.305 e. The van der Waals surface area contributed by atoms with Crippen LogP contribution in [-0.4, -0.2) is 35.0 Å². The molecule has 0 fully saturated rings. The zero-order valence-corrected chi connectivity index (χ0v) is 11.9. The number of aromatic amines is 1. The number of H-pyrrole nitrogens is 1. The fraction of sp³-hybridized carbons (Fsp3) is 0.333. The number of hydrogen-bond acceptors (Lipinski definition) is 4. The van der Waals surface area contributed by atoms with Crippen molar-refractivity contribution in [1.29, 1.82) is 0 Å². The van der Waals surface area contributed by atoms with Gasteiger partial charge in [-0.2, -0.15) is 0 Å². The summed E-state index contributed by atoms with van der Waals surface area (Å²) < 4.78 is 27.1. The number of nitrogens with zero attached hydrogens (tertiary/aromatic N) is 1. The van der Waals surface area contributed by atoms with Crippen LogP contribution in [0.3, 0.4) is 0 Å². The second kappa shape index (κ2) is 4.88. The molecule has 2 aromatic heterocycles.